The minimum Gasteiger partial charge on any atom is -0.386 e. The standard InChI is InChI=1S/C17H16BrNO2/c1-19-15(20)9-12-7-8-13(18)10-14(12)16(19)17(21)11-5-3-2-4-6-11/h2-8,10,16-17,21H,9H2,1H3/t16-,17-/m1/s1. The van der Waals surface area contributed by atoms with Crippen LogP contribution in [-0.4, -0.2) is 23.0 Å². The van der Waals surface area contributed by atoms with Gasteiger partial charge < -0.3 is 10.0 Å². The molecule has 3 nitrogen and oxygen atoms in total. The third kappa shape index (κ3) is 2.61. The number of carbonyl (C=O) groups is 1. The summed E-state index contributed by atoms with van der Waals surface area (Å²) in [6.07, 6.45) is -0.356. The van der Waals surface area contributed by atoms with E-state index in [1.165, 1.54) is 0 Å². The highest BCUT2D eigenvalue weighted by Gasteiger charge is 2.35. The molecule has 1 amide bonds. The van der Waals surface area contributed by atoms with Gasteiger partial charge >= 0.3 is 0 Å². The van der Waals surface area contributed by atoms with Gasteiger partial charge in [-0.15, -0.1) is 0 Å². The number of benzene rings is 2. The monoisotopic (exact) mass is 345 g/mol. The molecule has 3 rings (SSSR count). The number of hydrogen-bond acceptors (Lipinski definition) is 2. The average Bonchev–Trinajstić information content (AvgIpc) is 2.49. The minimum atomic E-state index is -0.742. The molecule has 0 unspecified atom stereocenters. The van der Waals surface area contributed by atoms with E-state index in [1.807, 2.05) is 48.5 Å². The molecular weight excluding hydrogens is 330 g/mol. The van der Waals surface area contributed by atoms with Gasteiger partial charge in [0.05, 0.1) is 12.5 Å². The highest BCUT2D eigenvalue weighted by Crippen LogP contribution is 2.39. The Hall–Kier alpha value is -1.65. The molecule has 0 saturated heterocycles. The molecule has 2 atom stereocenters. The fourth-order valence-corrected chi connectivity index (χ4v) is 3.25. The van der Waals surface area contributed by atoms with Crippen LogP contribution in [0.5, 0.6) is 0 Å². The molecule has 1 N–H and O–H groups in total. The second kappa shape index (κ2) is 5.62. The van der Waals surface area contributed by atoms with Crippen LogP contribution in [0, 0.1) is 0 Å². The number of fused-ring (bicyclic) bond motifs is 1. The van der Waals surface area contributed by atoms with Gasteiger partial charge in [0.1, 0.15) is 6.10 Å². The molecule has 0 aromatic heterocycles. The quantitative estimate of drug-likeness (QED) is 0.907. The maximum absolute atomic E-state index is 12.2. The Morgan fingerprint density at radius 2 is 1.95 bits per heavy atom. The highest BCUT2D eigenvalue weighted by molar-refractivity contribution is 9.10. The second-order valence-electron chi connectivity index (χ2n) is 5.32. The molecule has 4 heteroatoms. The number of nitrogens with zero attached hydrogens (tertiary/aromatic N) is 1. The fourth-order valence-electron chi connectivity index (χ4n) is 2.87. The molecule has 2 aromatic rings. The third-order valence-corrected chi connectivity index (χ3v) is 4.51. The Morgan fingerprint density at radius 3 is 2.67 bits per heavy atom. The van der Waals surface area contributed by atoms with Crippen LogP contribution < -0.4 is 0 Å². The van der Waals surface area contributed by atoms with E-state index in [4.69, 9.17) is 0 Å². The lowest BCUT2D eigenvalue weighted by molar-refractivity contribution is -0.135. The van der Waals surface area contributed by atoms with Gasteiger partial charge in [-0.25, -0.2) is 0 Å². The van der Waals surface area contributed by atoms with Crippen LogP contribution in [0.4, 0.5) is 0 Å². The SMILES string of the molecule is CN1C(=O)Cc2ccc(Br)cc2[C@@H]1[C@H](O)c1ccccc1. The molecule has 0 aliphatic carbocycles. The second-order valence-corrected chi connectivity index (χ2v) is 6.24. The summed E-state index contributed by atoms with van der Waals surface area (Å²) in [6, 6.07) is 15.0. The van der Waals surface area contributed by atoms with Gasteiger partial charge in [-0.3, -0.25) is 4.79 Å². The first kappa shape index (κ1) is 14.3. The minimum absolute atomic E-state index is 0.0322. The number of likely N-dealkylation sites (N-methyl/N-ethyl adjacent to an activating group) is 1. The van der Waals surface area contributed by atoms with E-state index in [9.17, 15) is 9.90 Å². The van der Waals surface area contributed by atoms with Crippen molar-refractivity contribution in [3.8, 4) is 0 Å². The zero-order chi connectivity index (χ0) is 15.0. The lowest BCUT2D eigenvalue weighted by Crippen LogP contribution is -2.40. The van der Waals surface area contributed by atoms with Crippen molar-refractivity contribution in [2.75, 3.05) is 7.05 Å². The van der Waals surface area contributed by atoms with Crippen LogP contribution in [-0.2, 0) is 11.2 Å². The van der Waals surface area contributed by atoms with Crippen LogP contribution in [0.1, 0.15) is 28.8 Å². The molecule has 0 spiro atoms. The molecular formula is C17H16BrNO2. The molecule has 1 heterocycles. The summed E-state index contributed by atoms with van der Waals surface area (Å²) in [5.41, 5.74) is 2.80. The summed E-state index contributed by atoms with van der Waals surface area (Å²) in [6.45, 7) is 0. The molecule has 0 bridgehead atoms. The molecule has 0 saturated carbocycles. The summed E-state index contributed by atoms with van der Waals surface area (Å²) < 4.78 is 0.953. The van der Waals surface area contributed by atoms with E-state index < -0.39 is 6.10 Å². The predicted octanol–water partition coefficient (Wildman–Crippen LogP) is 3.24. The number of halogens is 1. The number of amides is 1. The number of carbonyl (C=O) groups excluding carboxylic acids is 1. The van der Waals surface area contributed by atoms with Crippen LogP contribution in [0.15, 0.2) is 53.0 Å². The van der Waals surface area contributed by atoms with E-state index in [1.54, 1.807) is 11.9 Å². The van der Waals surface area contributed by atoms with Crippen molar-refractivity contribution >= 4 is 21.8 Å². The topological polar surface area (TPSA) is 40.5 Å². The third-order valence-electron chi connectivity index (χ3n) is 4.02. The van der Waals surface area contributed by atoms with Crippen molar-refractivity contribution in [2.45, 2.75) is 18.6 Å². The Morgan fingerprint density at radius 1 is 1.24 bits per heavy atom. The molecule has 1 aliphatic rings. The van der Waals surface area contributed by atoms with Crippen molar-refractivity contribution in [1.82, 2.24) is 4.90 Å². The molecule has 2 aromatic carbocycles. The smallest absolute Gasteiger partial charge is 0.227 e. The van der Waals surface area contributed by atoms with Gasteiger partial charge in [-0.05, 0) is 28.8 Å². The molecule has 108 valence electrons. The summed E-state index contributed by atoms with van der Waals surface area (Å²) in [4.78, 5) is 13.8. The number of aliphatic hydroxyl groups is 1. The van der Waals surface area contributed by atoms with Gasteiger partial charge in [-0.1, -0.05) is 52.3 Å². The molecule has 0 radical (unpaired) electrons. The first-order chi connectivity index (χ1) is 10.1. The zero-order valence-corrected chi connectivity index (χ0v) is 13.2. The van der Waals surface area contributed by atoms with E-state index in [0.29, 0.717) is 6.42 Å². The first-order valence-corrected chi connectivity index (χ1v) is 7.64. The number of hydrogen-bond donors (Lipinski definition) is 1. The Balaban J connectivity index is 2.08. The van der Waals surface area contributed by atoms with E-state index >= 15 is 0 Å². The Labute approximate surface area is 132 Å². The average molecular weight is 346 g/mol. The van der Waals surface area contributed by atoms with Gasteiger partial charge in [0.25, 0.3) is 0 Å². The van der Waals surface area contributed by atoms with E-state index in [-0.39, 0.29) is 11.9 Å². The Kier molecular flexibility index (Phi) is 3.83. The first-order valence-electron chi connectivity index (χ1n) is 6.85. The van der Waals surface area contributed by atoms with Gasteiger partial charge in [0.2, 0.25) is 5.91 Å². The lowest BCUT2D eigenvalue weighted by Gasteiger charge is -2.37. The summed E-state index contributed by atoms with van der Waals surface area (Å²) in [7, 11) is 1.75. The lowest BCUT2D eigenvalue weighted by atomic mass is 9.87. The van der Waals surface area contributed by atoms with Crippen molar-refractivity contribution in [1.29, 1.82) is 0 Å². The van der Waals surface area contributed by atoms with Crippen molar-refractivity contribution in [3.63, 3.8) is 0 Å². The van der Waals surface area contributed by atoms with Crippen molar-refractivity contribution in [3.05, 3.63) is 69.7 Å². The molecule has 21 heavy (non-hydrogen) atoms. The normalized spacial score (nSPS) is 19.3. The van der Waals surface area contributed by atoms with Crippen LogP contribution in [0.2, 0.25) is 0 Å². The van der Waals surface area contributed by atoms with Crippen molar-refractivity contribution < 1.29 is 9.90 Å². The number of aliphatic hydroxyl groups excluding tert-OH is 1. The van der Waals surface area contributed by atoms with Gasteiger partial charge in [0, 0.05) is 11.5 Å². The fraction of sp³-hybridized carbons (Fsp3) is 0.235. The number of rotatable bonds is 2. The Bertz CT molecular complexity index is 672. The van der Waals surface area contributed by atoms with Crippen molar-refractivity contribution in [2.24, 2.45) is 0 Å². The zero-order valence-electron chi connectivity index (χ0n) is 11.7. The van der Waals surface area contributed by atoms with Crippen LogP contribution >= 0.6 is 15.9 Å². The summed E-state index contributed by atoms with van der Waals surface area (Å²) in [5, 5.41) is 10.8. The van der Waals surface area contributed by atoms with Gasteiger partial charge in [-0.2, -0.15) is 0 Å². The predicted molar refractivity (Wildman–Crippen MR) is 84.8 cm³/mol. The summed E-state index contributed by atoms with van der Waals surface area (Å²) >= 11 is 3.47. The highest BCUT2D eigenvalue weighted by atomic mass is 79.9. The maximum atomic E-state index is 12.2. The van der Waals surface area contributed by atoms with E-state index in [2.05, 4.69) is 15.9 Å². The maximum Gasteiger partial charge on any atom is 0.227 e. The van der Waals surface area contributed by atoms with E-state index in [0.717, 1.165) is 21.2 Å². The summed E-state index contributed by atoms with van der Waals surface area (Å²) in [5.74, 6) is 0.0322. The van der Waals surface area contributed by atoms with Crippen LogP contribution in [0.25, 0.3) is 0 Å². The molecule has 1 aliphatic heterocycles. The molecule has 0 fully saturated rings. The van der Waals surface area contributed by atoms with Gasteiger partial charge in [0.15, 0.2) is 0 Å². The van der Waals surface area contributed by atoms with Crippen LogP contribution in [0.3, 0.4) is 0 Å². The largest absolute Gasteiger partial charge is 0.386 e.